The van der Waals surface area contributed by atoms with Crippen LogP contribution < -0.4 is 14.7 Å². The maximum atomic E-state index is 15.7. The summed E-state index contributed by atoms with van der Waals surface area (Å²) in [5.74, 6) is -0.807. The molecule has 0 spiro atoms. The van der Waals surface area contributed by atoms with Gasteiger partial charge in [0.25, 0.3) is 0 Å². The van der Waals surface area contributed by atoms with Gasteiger partial charge < -0.3 is 42.1 Å². The molecule has 0 radical (unpaired) electrons. The third-order valence-electron chi connectivity index (χ3n) is 26.8. The third kappa shape index (κ3) is 14.1. The third-order valence-corrected chi connectivity index (χ3v) is 26.8. The summed E-state index contributed by atoms with van der Waals surface area (Å²) in [7, 11) is 0. The van der Waals surface area contributed by atoms with Gasteiger partial charge in [-0.05, 0) is 273 Å². The molecule has 0 saturated carbocycles. The Morgan fingerprint density at radius 1 is 0.130 bits per heavy atom. The Bertz CT molecular complexity index is 8860. The van der Waals surface area contributed by atoms with E-state index in [1.54, 1.807) is 18.2 Å². The molecular weight excluding hydrogens is 1700 g/mol. The lowest BCUT2D eigenvalue weighted by Crippen LogP contribution is -2.11. The maximum absolute atomic E-state index is 15.7. The summed E-state index contributed by atoms with van der Waals surface area (Å²) in [4.78, 5) is 6.42. The van der Waals surface area contributed by atoms with E-state index in [1.165, 1.54) is 45.8 Å². The van der Waals surface area contributed by atoms with E-state index in [4.69, 9.17) is 0 Å². The highest BCUT2D eigenvalue weighted by atomic mass is 19.1. The Labute approximate surface area is 793 Å². The molecule has 12 heteroatoms. The van der Waals surface area contributed by atoms with Gasteiger partial charge in [0.15, 0.2) is 0 Å². The zero-order chi connectivity index (χ0) is 91.8. The molecule has 9 nitrogen and oxygen atoms in total. The monoisotopic (exact) mass is 1780 g/mol. The van der Waals surface area contributed by atoms with E-state index in [2.05, 4.69) is 438 Å². The largest absolute Gasteiger partial charge is 0.310 e. The van der Waals surface area contributed by atoms with Crippen LogP contribution in [0.5, 0.6) is 0 Å². The Morgan fingerprint density at radius 2 is 0.333 bits per heavy atom. The smallest absolute Gasteiger partial charge is 0.147 e. The Hall–Kier alpha value is -18.4. The van der Waals surface area contributed by atoms with Crippen molar-refractivity contribution in [3.8, 4) is 34.1 Å². The first-order valence-electron chi connectivity index (χ1n) is 46.4. The molecule has 21 aromatic carbocycles. The molecule has 138 heavy (non-hydrogen) atoms. The van der Waals surface area contributed by atoms with E-state index < -0.39 is 0 Å². The predicted molar refractivity (Wildman–Crippen MR) is 569 cm³/mol. The van der Waals surface area contributed by atoms with Gasteiger partial charge >= 0.3 is 0 Å². The maximum Gasteiger partial charge on any atom is 0.147 e. The topological polar surface area (TPSA) is 39.3 Å². The van der Waals surface area contributed by atoms with Crippen LogP contribution in [0.1, 0.15) is 0 Å². The minimum atomic E-state index is -0.277. The van der Waals surface area contributed by atoms with E-state index in [9.17, 15) is 8.78 Å². The number of rotatable bonds is 15. The number of hydrogen-bond donors (Lipinski definition) is 0. The van der Waals surface area contributed by atoms with Gasteiger partial charge in [0.05, 0.1) is 71.9 Å². The van der Waals surface area contributed by atoms with Crippen LogP contribution >= 0.6 is 0 Å². The molecule has 0 aliphatic heterocycles. The normalized spacial score (nSPS) is 11.6. The number of benzene rings is 21. The number of nitrogens with zero attached hydrogens (tertiary/aromatic N) is 9. The molecule has 654 valence electrons. The second-order valence-corrected chi connectivity index (χ2v) is 34.8. The standard InChI is InChI=1S/3C42H28FN3/c43-37-19-9-12-22-42(37)44(31-23-25-40-35(27-31)33-17-7-10-20-38(33)45(40)29-13-3-1-4-14-29)32-24-26-41-36(28-32)34-18-8-11-21-39(34)46(41)30-15-5-2-6-16-30;43-29-12-11-17-32(26-29)44(33-22-24-41-37(27-33)35-18-7-9-20-39(35)45(41)30-13-3-1-4-14-30)34-23-25-42-38(28-34)36-19-8-10-21-40(36)46(42)31-15-5-2-6-16-31;43-29-19-21-32(22-20-29)44(33-23-25-41-37(27-33)35-15-7-9-17-39(35)45(41)30-11-3-1-4-12-30)34-24-26-42-38(28-34)36-16-8-10-18-40(36)46(42)31-13-5-2-6-14-31/h3*1-28H. The number of aromatic nitrogens is 6. The second kappa shape index (κ2) is 34.3. The molecule has 6 heterocycles. The Morgan fingerprint density at radius 3 is 0.587 bits per heavy atom. The first-order chi connectivity index (χ1) is 68.2. The van der Waals surface area contributed by atoms with E-state index in [1.807, 2.05) is 71.6 Å². The average Bonchev–Trinajstić information content (AvgIpc) is 1.58. The lowest BCUT2D eigenvalue weighted by Gasteiger charge is -2.26. The number of anilines is 9. The highest BCUT2D eigenvalue weighted by molar-refractivity contribution is 6.17. The van der Waals surface area contributed by atoms with Crippen LogP contribution in [0.3, 0.4) is 0 Å². The SMILES string of the molecule is Fc1ccc(N(c2ccc3c(c2)c2ccccc2n3-c2ccccc2)c2ccc3c(c2)c2ccccc2n3-c2ccccc2)cc1.Fc1cccc(N(c2ccc3c(c2)c2ccccc2n3-c2ccccc2)c2ccc3c(c2)c2ccccc2n3-c2ccccc2)c1.Fc1ccccc1N(c1ccc2c(c1)c1ccccc1n2-c1ccccc1)c1ccc2c(c1)c1ccccc1n2-c1ccccc1. The molecule has 0 amide bonds. The van der Waals surface area contributed by atoms with E-state index >= 15 is 4.39 Å². The molecular formula is C126H84F3N9. The van der Waals surface area contributed by atoms with Crippen LogP contribution in [0.25, 0.3) is 165 Å². The van der Waals surface area contributed by atoms with Crippen LogP contribution in [-0.2, 0) is 0 Å². The van der Waals surface area contributed by atoms with Gasteiger partial charge in [0.2, 0.25) is 0 Å². The molecule has 0 saturated heterocycles. The average molecular weight is 1780 g/mol. The van der Waals surface area contributed by atoms with Gasteiger partial charge in [-0.25, -0.2) is 13.2 Å². The fraction of sp³-hybridized carbons (Fsp3) is 0. The summed E-state index contributed by atoms with van der Waals surface area (Å²) < 4.78 is 58.7. The summed E-state index contributed by atoms with van der Waals surface area (Å²) >= 11 is 0. The van der Waals surface area contributed by atoms with Gasteiger partial charge in [-0.15, -0.1) is 0 Å². The highest BCUT2D eigenvalue weighted by Crippen LogP contribution is 2.49. The molecule has 27 rings (SSSR count). The van der Waals surface area contributed by atoms with Crippen molar-refractivity contribution in [3.05, 3.63) is 527 Å². The second-order valence-electron chi connectivity index (χ2n) is 34.8. The molecule has 0 bridgehead atoms. The minimum absolute atomic E-state index is 0.258. The molecule has 0 unspecified atom stereocenters. The lowest BCUT2D eigenvalue weighted by atomic mass is 10.1. The molecule has 0 aliphatic rings. The first-order valence-corrected chi connectivity index (χ1v) is 46.4. The first kappa shape index (κ1) is 81.6. The molecule has 0 fully saturated rings. The summed E-state index contributed by atoms with van der Waals surface area (Å²) in [5, 5.41) is 13.8. The summed E-state index contributed by atoms with van der Waals surface area (Å²) in [6, 6.07) is 174. The van der Waals surface area contributed by atoms with Crippen LogP contribution in [0.4, 0.5) is 64.4 Å². The van der Waals surface area contributed by atoms with Crippen LogP contribution in [-0.4, -0.2) is 27.4 Å². The summed E-state index contributed by atoms with van der Waals surface area (Å²) in [6.07, 6.45) is 0. The van der Waals surface area contributed by atoms with Gasteiger partial charge in [-0.3, -0.25) is 0 Å². The van der Waals surface area contributed by atoms with Crippen molar-refractivity contribution in [2.75, 3.05) is 14.7 Å². The molecule has 27 aromatic rings. The molecule has 6 aromatic heterocycles. The summed E-state index contributed by atoms with van der Waals surface area (Å²) in [6.45, 7) is 0. The Kier molecular flexibility index (Phi) is 20.3. The van der Waals surface area contributed by atoms with Crippen molar-refractivity contribution in [1.29, 1.82) is 0 Å². The number of hydrogen-bond acceptors (Lipinski definition) is 3. The quantitative estimate of drug-likeness (QED) is 0.103. The van der Waals surface area contributed by atoms with Crippen molar-refractivity contribution in [2.45, 2.75) is 0 Å². The zero-order valence-corrected chi connectivity index (χ0v) is 74.7. The lowest BCUT2D eigenvalue weighted by molar-refractivity contribution is 0.627. The van der Waals surface area contributed by atoms with Crippen molar-refractivity contribution < 1.29 is 13.2 Å². The van der Waals surface area contributed by atoms with E-state index in [-0.39, 0.29) is 17.5 Å². The van der Waals surface area contributed by atoms with Crippen molar-refractivity contribution in [1.82, 2.24) is 27.4 Å². The molecule has 0 aliphatic carbocycles. The Balaban J connectivity index is 0.000000110. The van der Waals surface area contributed by atoms with Gasteiger partial charge in [-0.1, -0.05) is 237 Å². The van der Waals surface area contributed by atoms with Crippen LogP contribution in [0.15, 0.2) is 510 Å². The summed E-state index contributed by atoms with van der Waals surface area (Å²) in [5.41, 5.74) is 28.1. The molecule has 0 atom stereocenters. The van der Waals surface area contributed by atoms with Crippen LogP contribution in [0, 0.1) is 17.5 Å². The van der Waals surface area contributed by atoms with Gasteiger partial charge in [0.1, 0.15) is 17.5 Å². The minimum Gasteiger partial charge on any atom is -0.310 e. The van der Waals surface area contributed by atoms with Crippen molar-refractivity contribution in [3.63, 3.8) is 0 Å². The number of halogens is 3. The van der Waals surface area contributed by atoms with Crippen molar-refractivity contribution in [2.24, 2.45) is 0 Å². The fourth-order valence-corrected chi connectivity index (χ4v) is 20.9. The van der Waals surface area contributed by atoms with Crippen LogP contribution in [0.2, 0.25) is 0 Å². The number of para-hydroxylation sites is 13. The highest BCUT2D eigenvalue weighted by Gasteiger charge is 2.27. The number of fused-ring (bicyclic) bond motifs is 18. The van der Waals surface area contributed by atoms with Gasteiger partial charge in [0, 0.05) is 144 Å². The molecule has 0 N–H and O–H groups in total. The predicted octanol–water partition coefficient (Wildman–Crippen LogP) is 34.5. The van der Waals surface area contributed by atoms with E-state index in [0.717, 1.165) is 189 Å². The zero-order valence-electron chi connectivity index (χ0n) is 74.7. The van der Waals surface area contributed by atoms with E-state index in [0.29, 0.717) is 5.69 Å². The van der Waals surface area contributed by atoms with Crippen molar-refractivity contribution >= 4 is 182 Å². The van der Waals surface area contributed by atoms with Gasteiger partial charge in [-0.2, -0.15) is 0 Å². The fourth-order valence-electron chi connectivity index (χ4n) is 20.9.